The zero-order chi connectivity index (χ0) is 16.4. The number of phenolic OH excluding ortho intramolecular Hbond substituents is 1. The third kappa shape index (κ3) is 3.77. The number of carbonyl (C=O) groups is 1. The van der Waals surface area contributed by atoms with Crippen LogP contribution in [0.15, 0.2) is 56.8 Å². The molecule has 116 valence electrons. The van der Waals surface area contributed by atoms with Gasteiger partial charge in [-0.15, -0.1) is 0 Å². The molecule has 1 saturated heterocycles. The fraction of sp³-hybridized carbons (Fsp3) is 0. The number of aliphatic imine (C=N–C) groups is 1. The first kappa shape index (κ1) is 16.1. The number of amidine groups is 1. The summed E-state index contributed by atoms with van der Waals surface area (Å²) in [6, 6.07) is 12.2. The first-order valence-electron chi connectivity index (χ1n) is 6.55. The van der Waals surface area contributed by atoms with Gasteiger partial charge in [0.05, 0.1) is 15.6 Å². The fourth-order valence-electron chi connectivity index (χ4n) is 1.91. The van der Waals surface area contributed by atoms with Crippen LogP contribution in [0.3, 0.4) is 0 Å². The Bertz CT molecular complexity index is 852. The van der Waals surface area contributed by atoms with Gasteiger partial charge >= 0.3 is 0 Å². The van der Waals surface area contributed by atoms with Crippen molar-refractivity contribution in [2.24, 2.45) is 4.99 Å². The van der Waals surface area contributed by atoms with Crippen LogP contribution in [0, 0.1) is 0 Å². The van der Waals surface area contributed by atoms with Crippen molar-refractivity contribution < 1.29 is 9.90 Å². The fourth-order valence-corrected chi connectivity index (χ4v) is 3.30. The van der Waals surface area contributed by atoms with Gasteiger partial charge in [0.1, 0.15) is 5.75 Å². The Morgan fingerprint density at radius 2 is 2.04 bits per heavy atom. The minimum atomic E-state index is -0.264. The standard InChI is InChI=1S/C16H10BrClN2O2S/c17-10-5-6-13(21)9(7-10)8-14-15(22)20-16(23-14)19-12-4-2-1-3-11(12)18/h1-8,21H,(H,19,20,22)/b14-8-. The molecule has 0 atom stereocenters. The molecule has 1 fully saturated rings. The molecule has 0 spiro atoms. The number of hydrogen-bond donors (Lipinski definition) is 2. The van der Waals surface area contributed by atoms with Crippen molar-refractivity contribution in [2.45, 2.75) is 0 Å². The molecule has 0 unspecified atom stereocenters. The van der Waals surface area contributed by atoms with Crippen LogP contribution in [0.1, 0.15) is 5.56 Å². The molecule has 7 heteroatoms. The lowest BCUT2D eigenvalue weighted by molar-refractivity contribution is -0.115. The Balaban J connectivity index is 1.90. The van der Waals surface area contributed by atoms with E-state index in [-0.39, 0.29) is 11.7 Å². The van der Waals surface area contributed by atoms with Crippen LogP contribution in [0.2, 0.25) is 5.02 Å². The van der Waals surface area contributed by atoms with Gasteiger partial charge in [0, 0.05) is 10.0 Å². The number of nitrogens with one attached hydrogen (secondary N) is 1. The number of thioether (sulfide) groups is 1. The van der Waals surface area contributed by atoms with E-state index in [1.54, 1.807) is 36.4 Å². The lowest BCUT2D eigenvalue weighted by atomic mass is 10.2. The highest BCUT2D eigenvalue weighted by atomic mass is 79.9. The summed E-state index contributed by atoms with van der Waals surface area (Å²) in [6.07, 6.45) is 1.62. The lowest BCUT2D eigenvalue weighted by Gasteiger charge is -2.00. The molecule has 2 aromatic carbocycles. The van der Waals surface area contributed by atoms with E-state index in [9.17, 15) is 9.90 Å². The molecule has 4 nitrogen and oxygen atoms in total. The number of rotatable bonds is 2. The summed E-state index contributed by atoms with van der Waals surface area (Å²) in [7, 11) is 0. The molecule has 3 rings (SSSR count). The van der Waals surface area contributed by atoms with Crippen LogP contribution in [-0.4, -0.2) is 16.2 Å². The van der Waals surface area contributed by atoms with Crippen molar-refractivity contribution >= 4 is 62.1 Å². The number of phenols is 1. The molecular formula is C16H10BrClN2O2S. The molecule has 1 heterocycles. The molecule has 0 radical (unpaired) electrons. The smallest absolute Gasteiger partial charge is 0.264 e. The third-order valence-electron chi connectivity index (χ3n) is 3.00. The number of carbonyl (C=O) groups excluding carboxylic acids is 1. The van der Waals surface area contributed by atoms with E-state index >= 15 is 0 Å². The van der Waals surface area contributed by atoms with Crippen molar-refractivity contribution in [3.05, 3.63) is 62.4 Å². The summed E-state index contributed by atoms with van der Waals surface area (Å²) in [5.41, 5.74) is 1.14. The summed E-state index contributed by atoms with van der Waals surface area (Å²) in [4.78, 5) is 16.8. The van der Waals surface area contributed by atoms with Crippen molar-refractivity contribution in [3.63, 3.8) is 0 Å². The van der Waals surface area contributed by atoms with Crippen LogP contribution < -0.4 is 5.32 Å². The minimum Gasteiger partial charge on any atom is -0.507 e. The monoisotopic (exact) mass is 408 g/mol. The van der Waals surface area contributed by atoms with Gasteiger partial charge in [0.25, 0.3) is 5.91 Å². The Hall–Kier alpha value is -1.76. The summed E-state index contributed by atoms with van der Waals surface area (Å²) >= 11 is 10.6. The average Bonchev–Trinajstić information content (AvgIpc) is 2.85. The highest BCUT2D eigenvalue weighted by Crippen LogP contribution is 2.32. The van der Waals surface area contributed by atoms with Crippen molar-refractivity contribution in [3.8, 4) is 5.75 Å². The van der Waals surface area contributed by atoms with Crippen molar-refractivity contribution in [1.29, 1.82) is 0 Å². The number of aromatic hydroxyl groups is 1. The van der Waals surface area contributed by atoms with Crippen LogP contribution in [0.5, 0.6) is 5.75 Å². The predicted molar refractivity (Wildman–Crippen MR) is 98.1 cm³/mol. The van der Waals surface area contributed by atoms with E-state index in [2.05, 4.69) is 26.2 Å². The van der Waals surface area contributed by atoms with Crippen molar-refractivity contribution in [2.75, 3.05) is 0 Å². The van der Waals surface area contributed by atoms with E-state index in [1.165, 1.54) is 11.8 Å². The first-order valence-corrected chi connectivity index (χ1v) is 8.54. The number of nitrogens with zero attached hydrogens (tertiary/aromatic N) is 1. The molecule has 2 aromatic rings. The summed E-state index contributed by atoms with van der Waals surface area (Å²) in [5.74, 6) is -0.161. The minimum absolute atomic E-state index is 0.102. The first-order chi connectivity index (χ1) is 11.0. The highest BCUT2D eigenvalue weighted by molar-refractivity contribution is 9.10. The van der Waals surface area contributed by atoms with Gasteiger partial charge in [-0.1, -0.05) is 39.7 Å². The molecule has 2 N–H and O–H groups in total. The zero-order valence-electron chi connectivity index (χ0n) is 11.6. The van der Waals surface area contributed by atoms with E-state index < -0.39 is 0 Å². The van der Waals surface area contributed by atoms with Crippen LogP contribution in [0.4, 0.5) is 5.69 Å². The van der Waals surface area contributed by atoms with Crippen LogP contribution >= 0.6 is 39.3 Å². The molecular weight excluding hydrogens is 400 g/mol. The van der Waals surface area contributed by atoms with Gasteiger partial charge in [-0.25, -0.2) is 4.99 Å². The number of halogens is 2. The van der Waals surface area contributed by atoms with Gasteiger partial charge in [-0.3, -0.25) is 4.79 Å². The Morgan fingerprint density at radius 3 is 2.83 bits per heavy atom. The van der Waals surface area contributed by atoms with E-state index in [0.717, 1.165) is 4.47 Å². The predicted octanol–water partition coefficient (Wildman–Crippen LogP) is 4.70. The summed E-state index contributed by atoms with van der Waals surface area (Å²) in [5, 5.41) is 13.5. The van der Waals surface area contributed by atoms with Crippen molar-refractivity contribution in [1.82, 2.24) is 5.32 Å². The second kappa shape index (κ2) is 6.78. The largest absolute Gasteiger partial charge is 0.507 e. The van der Waals surface area contributed by atoms with Crippen LogP contribution in [0.25, 0.3) is 6.08 Å². The molecule has 1 aliphatic heterocycles. The molecule has 1 aliphatic rings. The molecule has 0 aliphatic carbocycles. The van der Waals surface area contributed by atoms with Gasteiger partial charge < -0.3 is 10.4 Å². The number of amides is 1. The molecule has 0 aromatic heterocycles. The summed E-state index contributed by atoms with van der Waals surface area (Å²) in [6.45, 7) is 0. The number of benzene rings is 2. The topological polar surface area (TPSA) is 61.7 Å². The van der Waals surface area contributed by atoms with E-state index in [4.69, 9.17) is 11.6 Å². The van der Waals surface area contributed by atoms with E-state index in [0.29, 0.717) is 26.3 Å². The van der Waals surface area contributed by atoms with Gasteiger partial charge in [0.15, 0.2) is 5.17 Å². The normalized spacial score (nSPS) is 17.7. The highest BCUT2D eigenvalue weighted by Gasteiger charge is 2.24. The molecule has 1 amide bonds. The second-order valence-corrected chi connectivity index (χ2v) is 6.99. The van der Waals surface area contributed by atoms with Gasteiger partial charge in [-0.05, 0) is 48.2 Å². The lowest BCUT2D eigenvalue weighted by Crippen LogP contribution is -2.19. The SMILES string of the molecule is O=C1NC(=Nc2ccccc2Cl)S/C1=C\c1cc(Br)ccc1O. The number of hydrogen-bond acceptors (Lipinski definition) is 4. The van der Waals surface area contributed by atoms with Gasteiger partial charge in [-0.2, -0.15) is 0 Å². The average molecular weight is 410 g/mol. The quantitative estimate of drug-likeness (QED) is 0.707. The Kier molecular flexibility index (Phi) is 4.75. The van der Waals surface area contributed by atoms with Crippen LogP contribution in [-0.2, 0) is 4.79 Å². The molecule has 23 heavy (non-hydrogen) atoms. The zero-order valence-corrected chi connectivity index (χ0v) is 14.7. The maximum Gasteiger partial charge on any atom is 0.264 e. The molecule has 0 saturated carbocycles. The molecule has 0 bridgehead atoms. The third-order valence-corrected chi connectivity index (χ3v) is 4.72. The Labute approximate surface area is 150 Å². The van der Waals surface area contributed by atoms with E-state index in [1.807, 2.05) is 12.1 Å². The van der Waals surface area contributed by atoms with Gasteiger partial charge in [0.2, 0.25) is 0 Å². The Morgan fingerprint density at radius 1 is 1.26 bits per heavy atom. The summed E-state index contributed by atoms with van der Waals surface area (Å²) < 4.78 is 0.815. The number of para-hydroxylation sites is 1. The maximum absolute atomic E-state index is 12.1. The second-order valence-electron chi connectivity index (χ2n) is 4.64. The maximum atomic E-state index is 12.1.